The molecule has 6 nitrogen and oxygen atoms in total. The maximum Gasteiger partial charge on any atom is 0.231 e. The fraction of sp³-hybridized carbons (Fsp3) is 0.846. The number of amides is 2. The lowest BCUT2D eigenvalue weighted by Gasteiger charge is -2.24. The molecule has 0 atom stereocenters. The minimum absolute atomic E-state index is 0.152. The van der Waals surface area contributed by atoms with E-state index in [1.165, 1.54) is 0 Å². The Bertz CT molecular complexity index is 325. The molecule has 0 aromatic rings. The molecule has 1 rings (SSSR count). The molecule has 0 aliphatic carbocycles. The molecule has 1 saturated heterocycles. The van der Waals surface area contributed by atoms with E-state index in [2.05, 4.69) is 0 Å². The summed E-state index contributed by atoms with van der Waals surface area (Å²) in [6.45, 7) is 7.07. The van der Waals surface area contributed by atoms with Crippen LogP contribution < -0.4 is 11.5 Å². The number of hydrogen-bond acceptors (Lipinski definition) is 4. The first-order valence-electron chi connectivity index (χ1n) is 6.85. The highest BCUT2D eigenvalue weighted by Gasteiger charge is 2.21. The van der Waals surface area contributed by atoms with Gasteiger partial charge in [-0.05, 0) is 26.7 Å². The summed E-state index contributed by atoms with van der Waals surface area (Å²) in [6.07, 6.45) is 2.05. The molecule has 0 aromatic heterocycles. The van der Waals surface area contributed by atoms with Crippen molar-refractivity contribution in [3.8, 4) is 0 Å². The zero-order valence-electron chi connectivity index (χ0n) is 12.0. The van der Waals surface area contributed by atoms with E-state index in [1.807, 2.05) is 23.6 Å². The van der Waals surface area contributed by atoms with Gasteiger partial charge >= 0.3 is 0 Å². The molecule has 2 amide bonds. The molecule has 1 aliphatic rings. The zero-order valence-corrected chi connectivity index (χ0v) is 12.0. The summed E-state index contributed by atoms with van der Waals surface area (Å²) in [7, 11) is 0. The SMILES string of the molecule is CC(C)(N)CCC(=O)N1CCCN(CC(N)=O)CC1. The van der Waals surface area contributed by atoms with Crippen molar-refractivity contribution < 1.29 is 9.59 Å². The van der Waals surface area contributed by atoms with Gasteiger partial charge in [-0.15, -0.1) is 0 Å². The van der Waals surface area contributed by atoms with E-state index in [4.69, 9.17) is 11.5 Å². The van der Waals surface area contributed by atoms with Gasteiger partial charge in [-0.3, -0.25) is 14.5 Å². The van der Waals surface area contributed by atoms with Crippen molar-refractivity contribution in [1.29, 1.82) is 0 Å². The Kier molecular flexibility index (Phi) is 5.75. The predicted molar refractivity (Wildman–Crippen MR) is 74.3 cm³/mol. The van der Waals surface area contributed by atoms with E-state index in [-0.39, 0.29) is 23.9 Å². The van der Waals surface area contributed by atoms with Crippen LogP contribution in [0.15, 0.2) is 0 Å². The zero-order chi connectivity index (χ0) is 14.5. The third-order valence-electron chi connectivity index (χ3n) is 3.30. The number of nitrogens with zero attached hydrogens (tertiary/aromatic N) is 2. The number of carbonyl (C=O) groups excluding carboxylic acids is 2. The number of hydrogen-bond donors (Lipinski definition) is 2. The van der Waals surface area contributed by atoms with Crippen molar-refractivity contribution in [3.05, 3.63) is 0 Å². The monoisotopic (exact) mass is 270 g/mol. The third kappa shape index (κ3) is 6.54. The second-order valence-electron chi connectivity index (χ2n) is 5.97. The molecule has 0 unspecified atom stereocenters. The summed E-state index contributed by atoms with van der Waals surface area (Å²) in [4.78, 5) is 26.9. The number of nitrogens with two attached hydrogens (primary N) is 2. The van der Waals surface area contributed by atoms with Gasteiger partial charge in [0, 0.05) is 38.1 Å². The molecule has 6 heteroatoms. The fourth-order valence-corrected chi connectivity index (χ4v) is 2.19. The van der Waals surface area contributed by atoms with Gasteiger partial charge in [0.05, 0.1) is 6.54 Å². The van der Waals surface area contributed by atoms with Gasteiger partial charge in [-0.1, -0.05) is 0 Å². The summed E-state index contributed by atoms with van der Waals surface area (Å²) in [5.74, 6) is -0.163. The van der Waals surface area contributed by atoms with Crippen LogP contribution >= 0.6 is 0 Å². The van der Waals surface area contributed by atoms with E-state index >= 15 is 0 Å². The Morgan fingerprint density at radius 1 is 1.16 bits per heavy atom. The largest absolute Gasteiger partial charge is 0.369 e. The van der Waals surface area contributed by atoms with Crippen LogP contribution in [-0.2, 0) is 9.59 Å². The fourth-order valence-electron chi connectivity index (χ4n) is 2.19. The van der Waals surface area contributed by atoms with Crippen LogP contribution in [0.1, 0.15) is 33.1 Å². The highest BCUT2D eigenvalue weighted by Crippen LogP contribution is 2.11. The highest BCUT2D eigenvalue weighted by atomic mass is 16.2. The Labute approximate surface area is 115 Å². The maximum atomic E-state index is 12.1. The van der Waals surface area contributed by atoms with Crippen molar-refractivity contribution in [3.63, 3.8) is 0 Å². The summed E-state index contributed by atoms with van der Waals surface area (Å²) in [6, 6.07) is 0. The van der Waals surface area contributed by atoms with Gasteiger partial charge in [-0.2, -0.15) is 0 Å². The first-order valence-corrected chi connectivity index (χ1v) is 6.85. The average Bonchev–Trinajstić information content (AvgIpc) is 2.50. The molecule has 110 valence electrons. The summed E-state index contributed by atoms with van der Waals surface area (Å²) in [5.41, 5.74) is 10.8. The van der Waals surface area contributed by atoms with Crippen LogP contribution in [0.5, 0.6) is 0 Å². The summed E-state index contributed by atoms with van der Waals surface area (Å²) >= 11 is 0. The summed E-state index contributed by atoms with van der Waals surface area (Å²) < 4.78 is 0. The minimum Gasteiger partial charge on any atom is -0.369 e. The van der Waals surface area contributed by atoms with Crippen molar-refractivity contribution >= 4 is 11.8 Å². The van der Waals surface area contributed by atoms with E-state index < -0.39 is 0 Å². The van der Waals surface area contributed by atoms with E-state index in [0.29, 0.717) is 25.9 Å². The van der Waals surface area contributed by atoms with Crippen molar-refractivity contribution in [2.45, 2.75) is 38.6 Å². The van der Waals surface area contributed by atoms with E-state index in [9.17, 15) is 9.59 Å². The number of rotatable bonds is 5. The second kappa shape index (κ2) is 6.86. The highest BCUT2D eigenvalue weighted by molar-refractivity contribution is 5.77. The van der Waals surface area contributed by atoms with Gasteiger partial charge in [0.2, 0.25) is 11.8 Å². The van der Waals surface area contributed by atoms with Gasteiger partial charge in [0.15, 0.2) is 0 Å². The lowest BCUT2D eigenvalue weighted by Crippen LogP contribution is -2.39. The Morgan fingerprint density at radius 2 is 1.84 bits per heavy atom. The first kappa shape index (κ1) is 15.9. The molecule has 0 spiro atoms. The second-order valence-corrected chi connectivity index (χ2v) is 5.97. The van der Waals surface area contributed by atoms with Gasteiger partial charge in [0.1, 0.15) is 0 Å². The van der Waals surface area contributed by atoms with Crippen molar-refractivity contribution in [2.24, 2.45) is 11.5 Å². The van der Waals surface area contributed by atoms with Crippen LogP contribution in [0.25, 0.3) is 0 Å². The third-order valence-corrected chi connectivity index (χ3v) is 3.30. The quantitative estimate of drug-likeness (QED) is 0.706. The van der Waals surface area contributed by atoms with Gasteiger partial charge < -0.3 is 16.4 Å². The molecule has 0 saturated carbocycles. The smallest absolute Gasteiger partial charge is 0.231 e. The molecule has 0 radical (unpaired) electrons. The summed E-state index contributed by atoms with van der Waals surface area (Å²) in [5, 5.41) is 0. The van der Waals surface area contributed by atoms with E-state index in [1.54, 1.807) is 0 Å². The molecule has 4 N–H and O–H groups in total. The van der Waals surface area contributed by atoms with Crippen LogP contribution in [0.3, 0.4) is 0 Å². The molecule has 0 bridgehead atoms. The van der Waals surface area contributed by atoms with Gasteiger partial charge in [0.25, 0.3) is 0 Å². The van der Waals surface area contributed by atoms with Crippen molar-refractivity contribution in [1.82, 2.24) is 9.80 Å². The Balaban J connectivity index is 2.39. The molecule has 1 aliphatic heterocycles. The van der Waals surface area contributed by atoms with Crippen LogP contribution in [0, 0.1) is 0 Å². The molecule has 19 heavy (non-hydrogen) atoms. The number of carbonyl (C=O) groups is 2. The molecular weight excluding hydrogens is 244 g/mol. The number of primary amides is 1. The molecule has 0 aromatic carbocycles. The van der Waals surface area contributed by atoms with Crippen LogP contribution in [-0.4, -0.2) is 59.9 Å². The maximum absolute atomic E-state index is 12.1. The standard InChI is InChI=1S/C13H26N4O2/c1-13(2,15)5-4-12(19)17-7-3-6-16(8-9-17)10-11(14)18/h3-10,15H2,1-2H3,(H2,14,18). The predicted octanol–water partition coefficient (Wildman–Crippen LogP) is -0.476. The first-order chi connectivity index (χ1) is 8.78. The topological polar surface area (TPSA) is 92.7 Å². The van der Waals surface area contributed by atoms with E-state index in [0.717, 1.165) is 19.5 Å². The van der Waals surface area contributed by atoms with Crippen LogP contribution in [0.4, 0.5) is 0 Å². The van der Waals surface area contributed by atoms with Gasteiger partial charge in [-0.25, -0.2) is 0 Å². The normalized spacial score (nSPS) is 18.2. The average molecular weight is 270 g/mol. The lowest BCUT2D eigenvalue weighted by atomic mass is 10.00. The van der Waals surface area contributed by atoms with Crippen molar-refractivity contribution in [2.75, 3.05) is 32.7 Å². The minimum atomic E-state index is -0.315. The molecule has 1 fully saturated rings. The Morgan fingerprint density at radius 3 is 2.42 bits per heavy atom. The molecular formula is C13H26N4O2. The molecule has 1 heterocycles. The Hall–Kier alpha value is -1.14. The van der Waals surface area contributed by atoms with Crippen LogP contribution in [0.2, 0.25) is 0 Å². The lowest BCUT2D eigenvalue weighted by molar-refractivity contribution is -0.131.